The van der Waals surface area contributed by atoms with Gasteiger partial charge in [0, 0.05) is 0 Å². The third-order valence-electron chi connectivity index (χ3n) is 1.91. The summed E-state index contributed by atoms with van der Waals surface area (Å²) in [6.07, 6.45) is 6.53. The molecule has 0 aliphatic carbocycles. The standard InChI is InChI=1S/C10H23N.C3H8/c1-4-7-10-11(8-5-2)9-6-3;1-3-2/h4-10H2,1-3H3;3H2,1-2H3. The first-order chi connectivity index (χ1) is 6.76. The van der Waals surface area contributed by atoms with Gasteiger partial charge in [-0.2, -0.15) is 0 Å². The lowest BCUT2D eigenvalue weighted by Gasteiger charge is -2.20. The predicted octanol–water partition coefficient (Wildman–Crippen LogP) is 4.32. The van der Waals surface area contributed by atoms with Gasteiger partial charge in [-0.3, -0.25) is 0 Å². The lowest BCUT2D eigenvalue weighted by molar-refractivity contribution is 0.270. The van der Waals surface area contributed by atoms with E-state index in [1.807, 2.05) is 0 Å². The minimum absolute atomic E-state index is 1.25. The Hall–Kier alpha value is -0.0400. The monoisotopic (exact) mass is 201 g/mol. The molecule has 0 aromatic carbocycles. The molecule has 1 nitrogen and oxygen atoms in total. The molecular formula is C13H31N. The molecule has 0 unspecified atom stereocenters. The van der Waals surface area contributed by atoms with E-state index in [1.54, 1.807) is 0 Å². The maximum atomic E-state index is 2.57. The van der Waals surface area contributed by atoms with E-state index in [4.69, 9.17) is 0 Å². The highest BCUT2D eigenvalue weighted by atomic mass is 15.1. The zero-order valence-corrected chi connectivity index (χ0v) is 11.1. The van der Waals surface area contributed by atoms with Gasteiger partial charge in [0.05, 0.1) is 0 Å². The van der Waals surface area contributed by atoms with Crippen molar-refractivity contribution >= 4 is 0 Å². The van der Waals surface area contributed by atoms with Crippen LogP contribution in [-0.4, -0.2) is 24.5 Å². The Morgan fingerprint density at radius 3 is 1.36 bits per heavy atom. The summed E-state index contributed by atoms with van der Waals surface area (Å²) in [5, 5.41) is 0. The van der Waals surface area contributed by atoms with E-state index in [1.165, 1.54) is 51.7 Å². The summed E-state index contributed by atoms with van der Waals surface area (Å²) in [5.74, 6) is 0. The molecule has 14 heavy (non-hydrogen) atoms. The Labute approximate surface area is 91.9 Å². The van der Waals surface area contributed by atoms with Gasteiger partial charge in [0.1, 0.15) is 0 Å². The highest BCUT2D eigenvalue weighted by Gasteiger charge is 1.99. The SMILES string of the molecule is CCC.CCCCN(CCC)CCC. The Bertz CT molecular complexity index is 75.3. The molecule has 0 N–H and O–H groups in total. The summed E-state index contributed by atoms with van der Waals surface area (Å²) < 4.78 is 0. The van der Waals surface area contributed by atoms with Crippen LogP contribution in [0, 0.1) is 0 Å². The predicted molar refractivity (Wildman–Crippen MR) is 67.9 cm³/mol. The minimum atomic E-state index is 1.25. The van der Waals surface area contributed by atoms with E-state index >= 15 is 0 Å². The maximum absolute atomic E-state index is 2.57. The Balaban J connectivity index is 0. The lowest BCUT2D eigenvalue weighted by Crippen LogP contribution is -2.26. The molecule has 0 aromatic rings. The van der Waals surface area contributed by atoms with Crippen LogP contribution in [0.3, 0.4) is 0 Å². The smallest absolute Gasteiger partial charge is 0.00188 e. The highest BCUT2D eigenvalue weighted by molar-refractivity contribution is 4.54. The zero-order valence-electron chi connectivity index (χ0n) is 11.1. The highest BCUT2D eigenvalue weighted by Crippen LogP contribution is 1.97. The van der Waals surface area contributed by atoms with Gasteiger partial charge in [0.2, 0.25) is 0 Å². The molecule has 0 atom stereocenters. The van der Waals surface area contributed by atoms with Crippen LogP contribution in [0.15, 0.2) is 0 Å². The second-order valence-electron chi connectivity index (χ2n) is 3.90. The van der Waals surface area contributed by atoms with Crippen LogP contribution in [0.1, 0.15) is 66.7 Å². The second-order valence-corrected chi connectivity index (χ2v) is 3.90. The molecular weight excluding hydrogens is 170 g/mol. The first-order valence-electron chi connectivity index (χ1n) is 6.48. The fourth-order valence-corrected chi connectivity index (χ4v) is 1.35. The van der Waals surface area contributed by atoms with Crippen molar-refractivity contribution in [2.75, 3.05) is 19.6 Å². The van der Waals surface area contributed by atoms with Gasteiger partial charge in [-0.05, 0) is 38.9 Å². The van der Waals surface area contributed by atoms with Gasteiger partial charge in [0.15, 0.2) is 0 Å². The van der Waals surface area contributed by atoms with Crippen molar-refractivity contribution in [2.24, 2.45) is 0 Å². The molecule has 0 rings (SSSR count). The number of hydrogen-bond acceptors (Lipinski definition) is 1. The molecule has 0 radical (unpaired) electrons. The van der Waals surface area contributed by atoms with Gasteiger partial charge in [-0.15, -0.1) is 0 Å². The van der Waals surface area contributed by atoms with E-state index in [9.17, 15) is 0 Å². The molecule has 1 heteroatoms. The molecule has 0 aliphatic rings. The summed E-state index contributed by atoms with van der Waals surface area (Å²) in [6, 6.07) is 0. The van der Waals surface area contributed by atoms with Crippen LogP contribution in [0.2, 0.25) is 0 Å². The maximum Gasteiger partial charge on any atom is -0.00188 e. The third-order valence-corrected chi connectivity index (χ3v) is 1.91. The van der Waals surface area contributed by atoms with Crippen LogP contribution in [0.4, 0.5) is 0 Å². The zero-order chi connectivity index (χ0) is 11.2. The van der Waals surface area contributed by atoms with Crippen LogP contribution in [0.25, 0.3) is 0 Å². The first-order valence-corrected chi connectivity index (χ1v) is 6.48. The summed E-state index contributed by atoms with van der Waals surface area (Å²) in [4.78, 5) is 2.57. The fraction of sp³-hybridized carbons (Fsp3) is 1.00. The summed E-state index contributed by atoms with van der Waals surface area (Å²) in [5.41, 5.74) is 0. The number of rotatable bonds is 7. The second kappa shape index (κ2) is 15.4. The average molecular weight is 201 g/mol. The molecule has 0 amide bonds. The summed E-state index contributed by atoms with van der Waals surface area (Å²) in [7, 11) is 0. The molecule has 0 aromatic heterocycles. The van der Waals surface area contributed by atoms with Crippen LogP contribution in [-0.2, 0) is 0 Å². The van der Waals surface area contributed by atoms with E-state index in [0.717, 1.165) is 0 Å². The van der Waals surface area contributed by atoms with Crippen LogP contribution >= 0.6 is 0 Å². The van der Waals surface area contributed by atoms with Crippen molar-refractivity contribution in [3.05, 3.63) is 0 Å². The van der Waals surface area contributed by atoms with Crippen molar-refractivity contribution in [3.8, 4) is 0 Å². The van der Waals surface area contributed by atoms with Crippen molar-refractivity contribution in [1.29, 1.82) is 0 Å². The Kier molecular flexibility index (Phi) is 18.1. The van der Waals surface area contributed by atoms with Gasteiger partial charge in [-0.25, -0.2) is 0 Å². The molecule has 0 saturated carbocycles. The summed E-state index contributed by atoms with van der Waals surface area (Å²) >= 11 is 0. The topological polar surface area (TPSA) is 3.24 Å². The molecule has 0 spiro atoms. The number of hydrogen-bond donors (Lipinski definition) is 0. The van der Waals surface area contributed by atoms with Gasteiger partial charge in [0.25, 0.3) is 0 Å². The van der Waals surface area contributed by atoms with Crippen molar-refractivity contribution < 1.29 is 0 Å². The minimum Gasteiger partial charge on any atom is -0.303 e. The third kappa shape index (κ3) is 14.5. The van der Waals surface area contributed by atoms with Gasteiger partial charge in [-0.1, -0.05) is 47.5 Å². The average Bonchev–Trinajstić information content (AvgIpc) is 2.16. The first kappa shape index (κ1) is 16.4. The van der Waals surface area contributed by atoms with Gasteiger partial charge >= 0.3 is 0 Å². The summed E-state index contributed by atoms with van der Waals surface area (Å²) in [6.45, 7) is 14.9. The molecule has 0 heterocycles. The molecule has 0 bridgehead atoms. The van der Waals surface area contributed by atoms with Crippen molar-refractivity contribution in [2.45, 2.75) is 66.7 Å². The van der Waals surface area contributed by atoms with Gasteiger partial charge < -0.3 is 4.90 Å². The Morgan fingerprint density at radius 2 is 1.07 bits per heavy atom. The Morgan fingerprint density at radius 1 is 0.643 bits per heavy atom. The molecule has 0 aliphatic heterocycles. The van der Waals surface area contributed by atoms with Crippen LogP contribution < -0.4 is 0 Å². The number of unbranched alkanes of at least 4 members (excludes halogenated alkanes) is 1. The fourth-order valence-electron chi connectivity index (χ4n) is 1.35. The molecule has 0 fully saturated rings. The number of nitrogens with zero attached hydrogens (tertiary/aromatic N) is 1. The van der Waals surface area contributed by atoms with E-state index in [0.29, 0.717) is 0 Å². The largest absolute Gasteiger partial charge is 0.303 e. The quantitative estimate of drug-likeness (QED) is 0.593. The van der Waals surface area contributed by atoms with E-state index in [2.05, 4.69) is 39.5 Å². The van der Waals surface area contributed by atoms with E-state index < -0.39 is 0 Å². The van der Waals surface area contributed by atoms with Crippen molar-refractivity contribution in [3.63, 3.8) is 0 Å². The van der Waals surface area contributed by atoms with Crippen LogP contribution in [0.5, 0.6) is 0 Å². The molecule has 0 saturated heterocycles. The normalized spacial score (nSPS) is 9.86. The van der Waals surface area contributed by atoms with E-state index in [-0.39, 0.29) is 0 Å². The van der Waals surface area contributed by atoms with Crippen molar-refractivity contribution in [1.82, 2.24) is 4.90 Å². The molecule has 88 valence electrons. The lowest BCUT2D eigenvalue weighted by atomic mass is 10.3.